The van der Waals surface area contributed by atoms with E-state index in [9.17, 15) is 0 Å². The van der Waals surface area contributed by atoms with Crippen molar-refractivity contribution in [3.8, 4) is 5.75 Å². The lowest BCUT2D eigenvalue weighted by Crippen LogP contribution is -2.22. The van der Waals surface area contributed by atoms with Crippen molar-refractivity contribution in [1.82, 2.24) is 15.3 Å². The van der Waals surface area contributed by atoms with Crippen molar-refractivity contribution in [3.63, 3.8) is 0 Å². The van der Waals surface area contributed by atoms with Crippen LogP contribution < -0.4 is 10.1 Å². The van der Waals surface area contributed by atoms with E-state index in [0.29, 0.717) is 0 Å². The molecule has 132 valence electrons. The first-order valence-corrected chi connectivity index (χ1v) is 10.4. The molecule has 1 atom stereocenters. The lowest BCUT2D eigenvalue weighted by atomic mass is 10.1. The van der Waals surface area contributed by atoms with Crippen LogP contribution in [0.4, 0.5) is 0 Å². The molecule has 0 saturated heterocycles. The molecule has 0 bridgehead atoms. The highest BCUT2D eigenvalue weighted by Crippen LogP contribution is 2.26. The van der Waals surface area contributed by atoms with E-state index in [2.05, 4.69) is 50.7 Å². The molecule has 1 aromatic heterocycles. The topological polar surface area (TPSA) is 49.9 Å². The highest BCUT2D eigenvalue weighted by atomic mass is 79.9. The van der Waals surface area contributed by atoms with Gasteiger partial charge < -0.3 is 15.0 Å². The smallest absolute Gasteiger partial charge is 0.133 e. The number of imidazole rings is 1. The number of nitrogens with one attached hydrogen (secondary N) is 2. The Morgan fingerprint density at radius 3 is 2.84 bits per heavy atom. The van der Waals surface area contributed by atoms with Gasteiger partial charge in [0.25, 0.3) is 0 Å². The zero-order valence-corrected chi connectivity index (χ0v) is 16.8. The number of methoxy groups -OCH3 is 1. The van der Waals surface area contributed by atoms with Crippen LogP contribution in [0.1, 0.15) is 23.9 Å². The van der Waals surface area contributed by atoms with E-state index in [1.807, 2.05) is 36.0 Å². The van der Waals surface area contributed by atoms with Crippen molar-refractivity contribution >= 4 is 38.7 Å². The van der Waals surface area contributed by atoms with Gasteiger partial charge in [0.15, 0.2) is 0 Å². The Labute approximate surface area is 160 Å². The van der Waals surface area contributed by atoms with Gasteiger partial charge in [-0.05, 0) is 64.2 Å². The maximum atomic E-state index is 5.30. The van der Waals surface area contributed by atoms with Gasteiger partial charge in [0.2, 0.25) is 0 Å². The number of hydrogen-bond donors (Lipinski definition) is 2. The minimum absolute atomic E-state index is 0.195. The minimum atomic E-state index is 0.195. The Morgan fingerprint density at radius 2 is 2.12 bits per heavy atom. The predicted octanol–water partition coefficient (Wildman–Crippen LogP) is 4.92. The fourth-order valence-corrected chi connectivity index (χ4v) is 3.83. The van der Waals surface area contributed by atoms with E-state index in [0.717, 1.165) is 45.8 Å². The summed E-state index contributed by atoms with van der Waals surface area (Å²) in [5.74, 6) is 2.93. The largest absolute Gasteiger partial charge is 0.496 e. The fourth-order valence-electron chi connectivity index (χ4n) is 2.77. The molecule has 3 rings (SSSR count). The molecule has 1 heterocycles. The molecule has 0 spiro atoms. The van der Waals surface area contributed by atoms with Crippen LogP contribution in [-0.4, -0.2) is 29.1 Å². The molecule has 0 saturated carbocycles. The maximum absolute atomic E-state index is 5.30. The first-order chi connectivity index (χ1) is 12.2. The molecule has 0 amide bonds. The Morgan fingerprint density at radius 1 is 1.28 bits per heavy atom. The van der Waals surface area contributed by atoms with E-state index < -0.39 is 0 Å². The third-order valence-electron chi connectivity index (χ3n) is 4.12. The molecule has 4 nitrogen and oxygen atoms in total. The summed E-state index contributed by atoms with van der Waals surface area (Å²) < 4.78 is 6.27. The number of hydrogen-bond acceptors (Lipinski definition) is 4. The summed E-state index contributed by atoms with van der Waals surface area (Å²) in [6.07, 6.45) is 3.16. The van der Waals surface area contributed by atoms with Gasteiger partial charge in [0.1, 0.15) is 11.6 Å². The molecule has 0 aliphatic carbocycles. The van der Waals surface area contributed by atoms with E-state index in [1.54, 1.807) is 7.11 Å². The zero-order valence-electron chi connectivity index (χ0n) is 14.4. The van der Waals surface area contributed by atoms with E-state index in [1.165, 1.54) is 5.56 Å². The van der Waals surface area contributed by atoms with Crippen LogP contribution in [0.25, 0.3) is 11.0 Å². The molecular formula is C19H22BrN3OS. The molecule has 6 heteroatoms. The Bertz CT molecular complexity index is 803. The number of aromatic amines is 1. The second-order valence-electron chi connectivity index (χ2n) is 5.82. The number of ether oxygens (including phenoxy) is 1. The number of halogens is 1. The Hall–Kier alpha value is -1.50. The van der Waals surface area contributed by atoms with Crippen LogP contribution in [0.2, 0.25) is 0 Å². The van der Waals surface area contributed by atoms with Gasteiger partial charge in [-0.2, -0.15) is 11.8 Å². The number of benzene rings is 2. The predicted molar refractivity (Wildman–Crippen MR) is 109 cm³/mol. The number of fused-ring (bicyclic) bond motifs is 1. The number of aromatic nitrogens is 2. The average Bonchev–Trinajstić information content (AvgIpc) is 3.06. The Kier molecular flexibility index (Phi) is 6.39. The first-order valence-electron chi connectivity index (χ1n) is 8.20. The van der Waals surface area contributed by atoms with Gasteiger partial charge in [-0.3, -0.25) is 0 Å². The van der Waals surface area contributed by atoms with Crippen LogP contribution in [0.5, 0.6) is 5.75 Å². The molecule has 25 heavy (non-hydrogen) atoms. The van der Waals surface area contributed by atoms with Gasteiger partial charge in [-0.15, -0.1) is 0 Å². The molecule has 0 aliphatic rings. The van der Waals surface area contributed by atoms with E-state index >= 15 is 0 Å². The summed E-state index contributed by atoms with van der Waals surface area (Å²) in [6.45, 7) is 0.776. The van der Waals surface area contributed by atoms with Gasteiger partial charge >= 0.3 is 0 Å². The quantitative estimate of drug-likeness (QED) is 0.543. The van der Waals surface area contributed by atoms with Crippen LogP contribution in [0.3, 0.4) is 0 Å². The average molecular weight is 420 g/mol. The molecular weight excluding hydrogens is 398 g/mol. The Balaban J connectivity index is 1.75. The van der Waals surface area contributed by atoms with Crippen LogP contribution in [-0.2, 0) is 6.54 Å². The zero-order chi connectivity index (χ0) is 17.6. The number of rotatable bonds is 8. The number of para-hydroxylation sites is 2. The molecule has 2 N–H and O–H groups in total. The molecule has 2 aromatic carbocycles. The fraction of sp³-hybridized carbons (Fsp3) is 0.316. The second-order valence-corrected chi connectivity index (χ2v) is 7.66. The van der Waals surface area contributed by atoms with E-state index in [-0.39, 0.29) is 6.04 Å². The van der Waals surface area contributed by atoms with Gasteiger partial charge in [-0.1, -0.05) is 18.2 Å². The lowest BCUT2D eigenvalue weighted by Gasteiger charge is -2.17. The van der Waals surface area contributed by atoms with Crippen molar-refractivity contribution < 1.29 is 4.74 Å². The summed E-state index contributed by atoms with van der Waals surface area (Å²) in [7, 11) is 1.68. The molecule has 0 radical (unpaired) electrons. The third-order valence-corrected chi connectivity index (χ3v) is 5.38. The first kappa shape index (κ1) is 18.3. The van der Waals surface area contributed by atoms with E-state index in [4.69, 9.17) is 9.72 Å². The molecule has 0 aliphatic heterocycles. The maximum Gasteiger partial charge on any atom is 0.133 e. The van der Waals surface area contributed by atoms with Gasteiger partial charge in [-0.25, -0.2) is 4.98 Å². The summed E-state index contributed by atoms with van der Waals surface area (Å²) in [5, 5.41) is 3.64. The van der Waals surface area contributed by atoms with Crippen molar-refractivity contribution in [2.24, 2.45) is 0 Å². The monoisotopic (exact) mass is 419 g/mol. The standard InChI is InChI=1S/C19H22BrN3OS/c1-24-18-8-7-13(11-14(18)20)12-21-17(9-10-25-2)19-22-15-5-3-4-6-16(15)23-19/h3-8,11,17,21H,9-10,12H2,1-2H3,(H,22,23). The number of nitrogens with zero attached hydrogens (tertiary/aromatic N) is 1. The second kappa shape index (κ2) is 8.74. The third kappa shape index (κ3) is 4.57. The van der Waals surface area contributed by atoms with Crippen molar-refractivity contribution in [3.05, 3.63) is 58.3 Å². The summed E-state index contributed by atoms with van der Waals surface area (Å²) >= 11 is 5.40. The van der Waals surface area contributed by atoms with Crippen LogP contribution >= 0.6 is 27.7 Å². The number of H-pyrrole nitrogens is 1. The summed E-state index contributed by atoms with van der Waals surface area (Å²) in [5.41, 5.74) is 3.30. The molecule has 3 aromatic rings. The van der Waals surface area contributed by atoms with Gasteiger partial charge in [0.05, 0.1) is 28.7 Å². The molecule has 0 fully saturated rings. The summed E-state index contributed by atoms with van der Waals surface area (Å²) in [6, 6.07) is 14.5. The van der Waals surface area contributed by atoms with Crippen LogP contribution in [0, 0.1) is 0 Å². The van der Waals surface area contributed by atoms with Crippen LogP contribution in [0.15, 0.2) is 46.9 Å². The van der Waals surface area contributed by atoms with Crippen molar-refractivity contribution in [1.29, 1.82) is 0 Å². The lowest BCUT2D eigenvalue weighted by molar-refractivity contribution is 0.411. The van der Waals surface area contributed by atoms with Crippen molar-refractivity contribution in [2.45, 2.75) is 19.0 Å². The highest BCUT2D eigenvalue weighted by Gasteiger charge is 2.15. The molecule has 1 unspecified atom stereocenters. The highest BCUT2D eigenvalue weighted by molar-refractivity contribution is 9.10. The normalized spacial score (nSPS) is 12.4. The number of thioether (sulfide) groups is 1. The minimum Gasteiger partial charge on any atom is -0.496 e. The van der Waals surface area contributed by atoms with Gasteiger partial charge in [0, 0.05) is 6.54 Å². The summed E-state index contributed by atoms with van der Waals surface area (Å²) in [4.78, 5) is 8.22. The SMILES string of the molecule is COc1ccc(CNC(CCSC)c2nc3ccccc3[nH]2)cc1Br. The van der Waals surface area contributed by atoms with Crippen molar-refractivity contribution in [2.75, 3.05) is 19.1 Å².